The number of anilines is 1. The van der Waals surface area contributed by atoms with Gasteiger partial charge >= 0.3 is 0 Å². The minimum absolute atomic E-state index is 0.0825. The molecule has 1 amide bonds. The third-order valence-electron chi connectivity index (χ3n) is 4.21. The van der Waals surface area contributed by atoms with Gasteiger partial charge in [-0.25, -0.2) is 0 Å². The largest absolute Gasteiger partial charge is 0.330 e. The number of hydrogen-bond acceptors (Lipinski definition) is 3. The maximum atomic E-state index is 11.9. The summed E-state index contributed by atoms with van der Waals surface area (Å²) in [5, 5.41) is 2.93. The molecule has 0 aliphatic carbocycles. The molecule has 1 fully saturated rings. The van der Waals surface area contributed by atoms with E-state index in [0.29, 0.717) is 18.3 Å². The third kappa shape index (κ3) is 4.32. The molecule has 1 aromatic carbocycles. The molecule has 110 valence electrons. The van der Waals surface area contributed by atoms with Crippen molar-refractivity contribution in [2.45, 2.75) is 19.8 Å². The molecule has 20 heavy (non-hydrogen) atoms. The summed E-state index contributed by atoms with van der Waals surface area (Å²) in [4.78, 5) is 14.3. The molecule has 2 rings (SSSR count). The van der Waals surface area contributed by atoms with Gasteiger partial charge in [0.15, 0.2) is 0 Å². The summed E-state index contributed by atoms with van der Waals surface area (Å²) in [6.45, 7) is 5.94. The summed E-state index contributed by atoms with van der Waals surface area (Å²) < 4.78 is 0. The van der Waals surface area contributed by atoms with E-state index >= 15 is 0 Å². The van der Waals surface area contributed by atoms with Crippen LogP contribution in [0, 0.1) is 11.8 Å². The molecule has 4 heteroatoms. The van der Waals surface area contributed by atoms with Gasteiger partial charge in [0.25, 0.3) is 0 Å². The standard InChI is InChI=1S/C16H25N3O/c1-13-7-9-19(12-14(13)11-17)10-8-16(20)18-15-5-3-2-4-6-15/h2-6,13-14H,7-12,17H2,1H3,(H,18,20). The molecule has 3 N–H and O–H groups in total. The second-order valence-corrected chi connectivity index (χ2v) is 5.73. The number of likely N-dealkylation sites (tertiary alicyclic amines) is 1. The van der Waals surface area contributed by atoms with Gasteiger partial charge in [0, 0.05) is 25.2 Å². The van der Waals surface area contributed by atoms with Gasteiger partial charge < -0.3 is 16.0 Å². The van der Waals surface area contributed by atoms with Crippen LogP contribution < -0.4 is 11.1 Å². The molecule has 1 heterocycles. The van der Waals surface area contributed by atoms with Crippen LogP contribution >= 0.6 is 0 Å². The highest BCUT2D eigenvalue weighted by atomic mass is 16.1. The van der Waals surface area contributed by atoms with E-state index in [1.807, 2.05) is 30.3 Å². The molecule has 4 nitrogen and oxygen atoms in total. The number of para-hydroxylation sites is 1. The second kappa shape index (κ2) is 7.41. The number of rotatable bonds is 5. The fraction of sp³-hybridized carbons (Fsp3) is 0.562. The maximum absolute atomic E-state index is 11.9. The molecule has 1 aliphatic rings. The Balaban J connectivity index is 1.73. The molecular formula is C16H25N3O. The van der Waals surface area contributed by atoms with E-state index < -0.39 is 0 Å². The van der Waals surface area contributed by atoms with Crippen LogP contribution in [-0.2, 0) is 4.79 Å². The highest BCUT2D eigenvalue weighted by Gasteiger charge is 2.24. The molecule has 0 bridgehead atoms. The van der Waals surface area contributed by atoms with Crippen LogP contribution in [0.25, 0.3) is 0 Å². The zero-order valence-electron chi connectivity index (χ0n) is 12.2. The van der Waals surface area contributed by atoms with E-state index in [1.165, 1.54) is 6.42 Å². The van der Waals surface area contributed by atoms with E-state index in [0.717, 1.165) is 31.9 Å². The van der Waals surface area contributed by atoms with Gasteiger partial charge in [0.05, 0.1) is 0 Å². The van der Waals surface area contributed by atoms with E-state index in [9.17, 15) is 4.79 Å². The first kappa shape index (κ1) is 15.0. The van der Waals surface area contributed by atoms with E-state index in [4.69, 9.17) is 5.73 Å². The SMILES string of the molecule is CC1CCN(CCC(=O)Nc2ccccc2)CC1CN. The summed E-state index contributed by atoms with van der Waals surface area (Å²) >= 11 is 0. The van der Waals surface area contributed by atoms with Crippen molar-refractivity contribution in [1.82, 2.24) is 4.90 Å². The average Bonchev–Trinajstić information content (AvgIpc) is 2.47. The highest BCUT2D eigenvalue weighted by molar-refractivity contribution is 5.90. The first-order valence-electron chi connectivity index (χ1n) is 7.46. The molecule has 1 aliphatic heterocycles. The van der Waals surface area contributed by atoms with Gasteiger partial charge in [-0.3, -0.25) is 4.79 Å². The van der Waals surface area contributed by atoms with Crippen molar-refractivity contribution in [3.63, 3.8) is 0 Å². The van der Waals surface area contributed by atoms with Crippen LogP contribution in [-0.4, -0.2) is 37.0 Å². The molecule has 1 saturated heterocycles. The Bertz CT molecular complexity index is 421. The molecule has 2 atom stereocenters. The Morgan fingerprint density at radius 1 is 1.40 bits per heavy atom. The fourth-order valence-corrected chi connectivity index (χ4v) is 2.74. The third-order valence-corrected chi connectivity index (χ3v) is 4.21. The zero-order chi connectivity index (χ0) is 14.4. The zero-order valence-corrected chi connectivity index (χ0v) is 12.2. The van der Waals surface area contributed by atoms with Crippen LogP contribution in [0.2, 0.25) is 0 Å². The average molecular weight is 275 g/mol. The molecule has 0 spiro atoms. The molecule has 0 radical (unpaired) electrons. The van der Waals surface area contributed by atoms with Gasteiger partial charge in [-0.05, 0) is 43.5 Å². The van der Waals surface area contributed by atoms with Crippen LogP contribution in [0.15, 0.2) is 30.3 Å². The first-order chi connectivity index (χ1) is 9.69. The number of amides is 1. The number of nitrogens with one attached hydrogen (secondary N) is 1. The summed E-state index contributed by atoms with van der Waals surface area (Å²) in [7, 11) is 0. The van der Waals surface area contributed by atoms with Crippen molar-refractivity contribution >= 4 is 11.6 Å². The van der Waals surface area contributed by atoms with Crippen LogP contribution in [0.4, 0.5) is 5.69 Å². The minimum Gasteiger partial charge on any atom is -0.330 e. The molecule has 2 unspecified atom stereocenters. The Labute approximate surface area is 121 Å². The van der Waals surface area contributed by atoms with Crippen LogP contribution in [0.3, 0.4) is 0 Å². The van der Waals surface area contributed by atoms with Crippen molar-refractivity contribution in [3.8, 4) is 0 Å². The Kier molecular flexibility index (Phi) is 5.56. The number of carbonyl (C=O) groups is 1. The summed E-state index contributed by atoms with van der Waals surface area (Å²) in [6.07, 6.45) is 1.72. The molecule has 0 saturated carbocycles. The van der Waals surface area contributed by atoms with Crippen molar-refractivity contribution in [3.05, 3.63) is 30.3 Å². The minimum atomic E-state index is 0.0825. The Morgan fingerprint density at radius 2 is 2.15 bits per heavy atom. The monoisotopic (exact) mass is 275 g/mol. The van der Waals surface area contributed by atoms with Gasteiger partial charge in [-0.15, -0.1) is 0 Å². The first-order valence-corrected chi connectivity index (χ1v) is 7.46. The number of hydrogen-bond donors (Lipinski definition) is 2. The lowest BCUT2D eigenvalue weighted by molar-refractivity contribution is -0.116. The van der Waals surface area contributed by atoms with Gasteiger partial charge in [-0.1, -0.05) is 25.1 Å². The fourth-order valence-electron chi connectivity index (χ4n) is 2.74. The predicted octanol–water partition coefficient (Wildman–Crippen LogP) is 1.93. The maximum Gasteiger partial charge on any atom is 0.225 e. The van der Waals surface area contributed by atoms with Crippen molar-refractivity contribution < 1.29 is 4.79 Å². The van der Waals surface area contributed by atoms with Crippen molar-refractivity contribution in [1.29, 1.82) is 0 Å². The van der Waals surface area contributed by atoms with E-state index in [1.54, 1.807) is 0 Å². The number of nitrogens with two attached hydrogens (primary N) is 1. The van der Waals surface area contributed by atoms with E-state index in [2.05, 4.69) is 17.1 Å². The predicted molar refractivity (Wildman–Crippen MR) is 82.5 cm³/mol. The lowest BCUT2D eigenvalue weighted by Gasteiger charge is -2.36. The van der Waals surface area contributed by atoms with Crippen molar-refractivity contribution in [2.24, 2.45) is 17.6 Å². The summed E-state index contributed by atoms with van der Waals surface area (Å²) in [5.41, 5.74) is 6.67. The lowest BCUT2D eigenvalue weighted by atomic mass is 9.87. The van der Waals surface area contributed by atoms with E-state index in [-0.39, 0.29) is 5.91 Å². The second-order valence-electron chi connectivity index (χ2n) is 5.73. The highest BCUT2D eigenvalue weighted by Crippen LogP contribution is 2.22. The van der Waals surface area contributed by atoms with Gasteiger partial charge in [0.2, 0.25) is 5.91 Å². The normalized spacial score (nSPS) is 23.5. The molecule has 1 aromatic rings. The molecular weight excluding hydrogens is 250 g/mol. The van der Waals surface area contributed by atoms with Crippen molar-refractivity contribution in [2.75, 3.05) is 31.5 Å². The molecule has 0 aromatic heterocycles. The van der Waals surface area contributed by atoms with Crippen LogP contribution in [0.5, 0.6) is 0 Å². The number of nitrogens with zero attached hydrogens (tertiary/aromatic N) is 1. The van der Waals surface area contributed by atoms with Gasteiger partial charge in [-0.2, -0.15) is 0 Å². The van der Waals surface area contributed by atoms with Crippen LogP contribution in [0.1, 0.15) is 19.8 Å². The Morgan fingerprint density at radius 3 is 2.85 bits per heavy atom. The smallest absolute Gasteiger partial charge is 0.225 e. The summed E-state index contributed by atoms with van der Waals surface area (Å²) in [6, 6.07) is 9.61. The lowest BCUT2D eigenvalue weighted by Crippen LogP contribution is -2.43. The van der Waals surface area contributed by atoms with Gasteiger partial charge in [0.1, 0.15) is 0 Å². The quantitative estimate of drug-likeness (QED) is 0.863. The topological polar surface area (TPSA) is 58.4 Å². The summed E-state index contributed by atoms with van der Waals surface area (Å²) in [5.74, 6) is 1.36. The number of benzene rings is 1. The number of carbonyl (C=O) groups excluding carboxylic acids is 1. The number of piperidine rings is 1. The Hall–Kier alpha value is -1.39.